The van der Waals surface area contributed by atoms with Crippen LogP contribution < -0.4 is 5.32 Å². The zero-order valence-electron chi connectivity index (χ0n) is 14.7. The zero-order chi connectivity index (χ0) is 16.7. The highest BCUT2D eigenvalue weighted by molar-refractivity contribution is 5.91. The minimum absolute atomic E-state index is 0.0222. The number of ether oxygens (including phenoxy) is 1. The van der Waals surface area contributed by atoms with Gasteiger partial charge in [0.2, 0.25) is 11.8 Å². The van der Waals surface area contributed by atoms with Gasteiger partial charge in [0, 0.05) is 32.7 Å². The third kappa shape index (κ3) is 2.75. The summed E-state index contributed by atoms with van der Waals surface area (Å²) in [6, 6.07) is 0.106. The molecule has 1 heterocycles. The first kappa shape index (κ1) is 16.4. The Balaban J connectivity index is 1.48. The summed E-state index contributed by atoms with van der Waals surface area (Å²) in [7, 11) is 1.71. The number of nitrogens with one attached hydrogen (secondary N) is 1. The minimum atomic E-state index is -0.293. The summed E-state index contributed by atoms with van der Waals surface area (Å²) in [5, 5.41) is 2.88. The lowest BCUT2D eigenvalue weighted by Gasteiger charge is -2.40. The average Bonchev–Trinajstić information content (AvgIpc) is 3.31. The van der Waals surface area contributed by atoms with E-state index in [0.717, 1.165) is 30.7 Å². The SMILES string of the molecule is COCCCN(C(=O)[C@@H]1CCC(=O)N1)[C@@H]1C[C@H]2C[C@H]1[C@@H]1CCC[C@@H]21. The van der Waals surface area contributed by atoms with E-state index < -0.39 is 0 Å². The Bertz CT molecular complexity index is 509. The first-order valence-electron chi connectivity index (χ1n) is 9.78. The van der Waals surface area contributed by atoms with E-state index in [0.29, 0.717) is 31.4 Å². The summed E-state index contributed by atoms with van der Waals surface area (Å²) in [6.45, 7) is 1.46. The molecule has 0 radical (unpaired) electrons. The number of hydrogen-bond acceptors (Lipinski definition) is 3. The fourth-order valence-corrected chi connectivity index (χ4v) is 6.21. The van der Waals surface area contributed by atoms with Crippen LogP contribution >= 0.6 is 0 Å². The second-order valence-electron chi connectivity index (χ2n) is 8.26. The fraction of sp³-hybridized carbons (Fsp3) is 0.895. The normalized spacial score (nSPS) is 40.0. The van der Waals surface area contributed by atoms with Gasteiger partial charge < -0.3 is 15.0 Å². The third-order valence-corrected chi connectivity index (χ3v) is 7.12. The molecule has 0 spiro atoms. The van der Waals surface area contributed by atoms with Crippen LogP contribution in [0.4, 0.5) is 0 Å². The molecule has 24 heavy (non-hydrogen) atoms. The Hall–Kier alpha value is -1.10. The summed E-state index contributed by atoms with van der Waals surface area (Å²) >= 11 is 0. The molecule has 5 nitrogen and oxygen atoms in total. The molecule has 0 aromatic carbocycles. The van der Waals surface area contributed by atoms with Gasteiger partial charge in [-0.25, -0.2) is 0 Å². The van der Waals surface area contributed by atoms with Crippen molar-refractivity contribution >= 4 is 11.8 Å². The van der Waals surface area contributed by atoms with Gasteiger partial charge in [-0.2, -0.15) is 0 Å². The molecule has 0 aromatic heterocycles. The molecule has 3 aliphatic carbocycles. The van der Waals surface area contributed by atoms with Crippen molar-refractivity contribution in [3.63, 3.8) is 0 Å². The Morgan fingerprint density at radius 3 is 2.79 bits per heavy atom. The van der Waals surface area contributed by atoms with E-state index in [4.69, 9.17) is 4.74 Å². The maximum Gasteiger partial charge on any atom is 0.245 e. The van der Waals surface area contributed by atoms with E-state index in [-0.39, 0.29) is 17.9 Å². The topological polar surface area (TPSA) is 58.6 Å². The van der Waals surface area contributed by atoms with Crippen LogP contribution in [0.3, 0.4) is 0 Å². The van der Waals surface area contributed by atoms with E-state index >= 15 is 0 Å². The molecular weight excluding hydrogens is 304 g/mol. The predicted molar refractivity (Wildman–Crippen MR) is 90.2 cm³/mol. The molecule has 4 fully saturated rings. The molecule has 4 aliphatic rings. The van der Waals surface area contributed by atoms with Crippen LogP contribution in [0.1, 0.15) is 51.4 Å². The molecule has 4 rings (SSSR count). The van der Waals surface area contributed by atoms with Gasteiger partial charge in [0.05, 0.1) is 0 Å². The van der Waals surface area contributed by atoms with Crippen LogP contribution in [0.25, 0.3) is 0 Å². The Morgan fingerprint density at radius 1 is 1.21 bits per heavy atom. The van der Waals surface area contributed by atoms with Gasteiger partial charge in [-0.05, 0) is 62.2 Å². The molecule has 2 amide bonds. The number of methoxy groups -OCH3 is 1. The largest absolute Gasteiger partial charge is 0.385 e. The number of amides is 2. The lowest BCUT2D eigenvalue weighted by molar-refractivity contribution is -0.138. The number of fused-ring (bicyclic) bond motifs is 5. The average molecular weight is 334 g/mol. The molecule has 2 bridgehead atoms. The van der Waals surface area contributed by atoms with Crippen molar-refractivity contribution in [2.24, 2.45) is 23.7 Å². The predicted octanol–water partition coefficient (Wildman–Crippen LogP) is 1.95. The molecular formula is C19H30N2O3. The molecule has 0 aromatic rings. The van der Waals surface area contributed by atoms with Crippen molar-refractivity contribution in [3.05, 3.63) is 0 Å². The lowest BCUT2D eigenvalue weighted by Crippen LogP contribution is -2.52. The van der Waals surface area contributed by atoms with Gasteiger partial charge in [-0.15, -0.1) is 0 Å². The molecule has 1 N–H and O–H groups in total. The van der Waals surface area contributed by atoms with Crippen LogP contribution in [0, 0.1) is 23.7 Å². The second kappa shape index (κ2) is 6.66. The van der Waals surface area contributed by atoms with Crippen LogP contribution in [-0.4, -0.2) is 49.1 Å². The third-order valence-electron chi connectivity index (χ3n) is 7.12. The van der Waals surface area contributed by atoms with Crippen molar-refractivity contribution in [1.29, 1.82) is 0 Å². The molecule has 6 atom stereocenters. The first-order chi connectivity index (χ1) is 11.7. The first-order valence-corrected chi connectivity index (χ1v) is 9.78. The fourth-order valence-electron chi connectivity index (χ4n) is 6.21. The maximum absolute atomic E-state index is 13.1. The lowest BCUT2D eigenvalue weighted by atomic mass is 9.78. The van der Waals surface area contributed by atoms with Crippen LogP contribution in [-0.2, 0) is 14.3 Å². The number of carbonyl (C=O) groups is 2. The number of carbonyl (C=O) groups excluding carboxylic acids is 2. The summed E-state index contributed by atoms with van der Waals surface area (Å²) in [4.78, 5) is 26.8. The van der Waals surface area contributed by atoms with E-state index in [1.165, 1.54) is 32.1 Å². The summed E-state index contributed by atoms with van der Waals surface area (Å²) in [5.41, 5.74) is 0. The van der Waals surface area contributed by atoms with E-state index in [2.05, 4.69) is 10.2 Å². The van der Waals surface area contributed by atoms with Gasteiger partial charge in [0.25, 0.3) is 0 Å². The number of nitrogens with zero attached hydrogens (tertiary/aromatic N) is 1. The van der Waals surface area contributed by atoms with Crippen molar-refractivity contribution in [2.75, 3.05) is 20.3 Å². The van der Waals surface area contributed by atoms with Crippen molar-refractivity contribution in [1.82, 2.24) is 10.2 Å². The Kier molecular flexibility index (Phi) is 4.54. The van der Waals surface area contributed by atoms with E-state index in [1.54, 1.807) is 7.11 Å². The minimum Gasteiger partial charge on any atom is -0.385 e. The molecule has 0 unspecified atom stereocenters. The maximum atomic E-state index is 13.1. The van der Waals surface area contributed by atoms with Crippen molar-refractivity contribution < 1.29 is 14.3 Å². The highest BCUT2D eigenvalue weighted by atomic mass is 16.5. The molecule has 3 saturated carbocycles. The van der Waals surface area contributed by atoms with Crippen LogP contribution in [0.2, 0.25) is 0 Å². The van der Waals surface area contributed by atoms with Crippen molar-refractivity contribution in [3.8, 4) is 0 Å². The Labute approximate surface area is 144 Å². The molecule has 1 saturated heterocycles. The highest BCUT2D eigenvalue weighted by Crippen LogP contribution is 2.59. The van der Waals surface area contributed by atoms with Crippen LogP contribution in [0.5, 0.6) is 0 Å². The smallest absolute Gasteiger partial charge is 0.245 e. The molecule has 5 heteroatoms. The molecule has 134 valence electrons. The zero-order valence-corrected chi connectivity index (χ0v) is 14.7. The standard InChI is InChI=1S/C19H30N2O3/c1-24-9-3-8-21(19(23)16-6-7-18(22)20-16)17-11-12-10-15(17)14-5-2-4-13(12)14/h12-17H,2-11H2,1H3,(H,20,22)/t12-,13+,14-,15+,16+,17-/m1/s1. The number of hydrogen-bond donors (Lipinski definition) is 1. The van der Waals surface area contributed by atoms with Crippen LogP contribution in [0.15, 0.2) is 0 Å². The van der Waals surface area contributed by atoms with Gasteiger partial charge in [0.1, 0.15) is 6.04 Å². The molecule has 1 aliphatic heterocycles. The summed E-state index contributed by atoms with van der Waals surface area (Å²) in [5.74, 6) is 3.51. The number of rotatable bonds is 6. The quantitative estimate of drug-likeness (QED) is 0.756. The van der Waals surface area contributed by atoms with Gasteiger partial charge in [-0.1, -0.05) is 6.42 Å². The monoisotopic (exact) mass is 334 g/mol. The Morgan fingerprint density at radius 2 is 2.04 bits per heavy atom. The van der Waals surface area contributed by atoms with E-state index in [9.17, 15) is 9.59 Å². The summed E-state index contributed by atoms with van der Waals surface area (Å²) < 4.78 is 5.20. The van der Waals surface area contributed by atoms with Gasteiger partial charge >= 0.3 is 0 Å². The van der Waals surface area contributed by atoms with Gasteiger partial charge in [-0.3, -0.25) is 9.59 Å². The van der Waals surface area contributed by atoms with E-state index in [1.807, 2.05) is 0 Å². The summed E-state index contributed by atoms with van der Waals surface area (Å²) in [6.07, 6.45) is 8.69. The van der Waals surface area contributed by atoms with Gasteiger partial charge in [0.15, 0.2) is 0 Å². The van der Waals surface area contributed by atoms with Crippen molar-refractivity contribution in [2.45, 2.75) is 63.5 Å². The second-order valence-corrected chi connectivity index (χ2v) is 8.26. The highest BCUT2D eigenvalue weighted by Gasteiger charge is 2.56.